The van der Waals surface area contributed by atoms with Crippen LogP contribution >= 0.6 is 11.6 Å². The molecule has 2 heterocycles. The molecule has 6 nitrogen and oxygen atoms in total. The van der Waals surface area contributed by atoms with Gasteiger partial charge in [-0.2, -0.15) is 4.98 Å². The summed E-state index contributed by atoms with van der Waals surface area (Å²) in [5.74, 6) is 0.814. The molecule has 4 aromatic rings. The molecule has 0 saturated heterocycles. The van der Waals surface area contributed by atoms with E-state index in [1.165, 1.54) is 10.9 Å². The molecule has 2 aromatic carbocycles. The lowest BCUT2D eigenvalue weighted by Crippen LogP contribution is -2.21. The largest absolute Gasteiger partial charge is 0.337 e. The molecular formula is C17H11ClN4O2. The average molecular weight is 339 g/mol. The lowest BCUT2D eigenvalue weighted by atomic mass is 10.2. The molecule has 7 heteroatoms. The van der Waals surface area contributed by atoms with Crippen molar-refractivity contribution >= 4 is 22.5 Å². The molecule has 24 heavy (non-hydrogen) atoms. The predicted molar refractivity (Wildman–Crippen MR) is 89.8 cm³/mol. The third kappa shape index (κ3) is 2.68. The minimum atomic E-state index is -0.207. The minimum absolute atomic E-state index is 0.147. The number of rotatable bonds is 3. The Hall–Kier alpha value is -2.99. The summed E-state index contributed by atoms with van der Waals surface area (Å²) in [7, 11) is 0. The van der Waals surface area contributed by atoms with E-state index < -0.39 is 0 Å². The van der Waals surface area contributed by atoms with Gasteiger partial charge in [-0.1, -0.05) is 47.1 Å². The van der Waals surface area contributed by atoms with Gasteiger partial charge in [-0.05, 0) is 18.2 Å². The standard InChI is InChI=1S/C17H11ClN4O2/c18-12-6-7-14-13(8-12)17(23)22(10-19-14)9-15-20-16(21-24-15)11-4-2-1-3-5-11/h1-8,10H,9H2. The lowest BCUT2D eigenvalue weighted by molar-refractivity contribution is 0.369. The zero-order valence-corrected chi connectivity index (χ0v) is 13.1. The normalized spacial score (nSPS) is 11.0. The third-order valence-electron chi connectivity index (χ3n) is 3.59. The van der Waals surface area contributed by atoms with Crippen molar-refractivity contribution in [2.75, 3.05) is 0 Å². The van der Waals surface area contributed by atoms with E-state index in [1.54, 1.807) is 18.2 Å². The van der Waals surface area contributed by atoms with Gasteiger partial charge >= 0.3 is 0 Å². The van der Waals surface area contributed by atoms with Crippen molar-refractivity contribution in [1.82, 2.24) is 19.7 Å². The molecule has 0 saturated carbocycles. The van der Waals surface area contributed by atoms with Crippen LogP contribution in [0, 0.1) is 0 Å². The molecule has 0 unspecified atom stereocenters. The molecule has 0 spiro atoms. The number of fused-ring (bicyclic) bond motifs is 1. The van der Waals surface area contributed by atoms with E-state index in [1.807, 2.05) is 30.3 Å². The number of hydrogen-bond donors (Lipinski definition) is 0. The van der Waals surface area contributed by atoms with E-state index in [4.69, 9.17) is 16.1 Å². The van der Waals surface area contributed by atoms with Crippen molar-refractivity contribution < 1.29 is 4.52 Å². The second-order valence-electron chi connectivity index (χ2n) is 5.22. The predicted octanol–water partition coefficient (Wildman–Crippen LogP) is 3.15. The summed E-state index contributed by atoms with van der Waals surface area (Å²) in [6.07, 6.45) is 1.46. The molecule has 0 aliphatic rings. The first-order valence-electron chi connectivity index (χ1n) is 7.23. The molecule has 2 aromatic heterocycles. The van der Waals surface area contributed by atoms with E-state index in [0.717, 1.165) is 5.56 Å². The summed E-state index contributed by atoms with van der Waals surface area (Å²) in [5, 5.41) is 4.89. The Kier molecular flexibility index (Phi) is 3.59. The molecule has 0 atom stereocenters. The van der Waals surface area contributed by atoms with Crippen LogP contribution < -0.4 is 5.56 Å². The van der Waals surface area contributed by atoms with Crippen molar-refractivity contribution in [2.45, 2.75) is 6.54 Å². The van der Waals surface area contributed by atoms with Gasteiger partial charge in [0.1, 0.15) is 6.54 Å². The number of nitrogens with zero attached hydrogens (tertiary/aromatic N) is 4. The van der Waals surface area contributed by atoms with E-state index in [9.17, 15) is 4.79 Å². The fourth-order valence-corrected chi connectivity index (χ4v) is 2.59. The van der Waals surface area contributed by atoms with E-state index >= 15 is 0 Å². The average Bonchev–Trinajstić information content (AvgIpc) is 3.07. The second kappa shape index (κ2) is 5.90. The fraction of sp³-hybridized carbons (Fsp3) is 0.0588. The smallest absolute Gasteiger partial charge is 0.261 e. The van der Waals surface area contributed by atoms with Crippen LogP contribution in [-0.2, 0) is 6.54 Å². The zero-order chi connectivity index (χ0) is 16.5. The monoisotopic (exact) mass is 338 g/mol. The van der Waals surface area contributed by atoms with Crippen LogP contribution in [-0.4, -0.2) is 19.7 Å². The molecule has 0 aliphatic carbocycles. The number of benzene rings is 2. The molecule has 0 aliphatic heterocycles. The molecule has 0 N–H and O–H groups in total. The van der Waals surface area contributed by atoms with Gasteiger partial charge in [-0.25, -0.2) is 4.98 Å². The first-order chi connectivity index (χ1) is 11.7. The van der Waals surface area contributed by atoms with Crippen molar-refractivity contribution in [3.63, 3.8) is 0 Å². The molecule has 4 rings (SSSR count). The fourth-order valence-electron chi connectivity index (χ4n) is 2.41. The van der Waals surface area contributed by atoms with Crippen LogP contribution in [0.15, 0.2) is 64.2 Å². The summed E-state index contributed by atoms with van der Waals surface area (Å²) in [6.45, 7) is 0.147. The van der Waals surface area contributed by atoms with Gasteiger partial charge < -0.3 is 4.52 Å². The van der Waals surface area contributed by atoms with Crippen molar-refractivity contribution in [2.24, 2.45) is 0 Å². The van der Waals surface area contributed by atoms with Crippen LogP contribution in [0.4, 0.5) is 0 Å². The van der Waals surface area contributed by atoms with Crippen LogP contribution in [0.5, 0.6) is 0 Å². The lowest BCUT2D eigenvalue weighted by Gasteiger charge is -2.03. The quantitative estimate of drug-likeness (QED) is 0.573. The van der Waals surface area contributed by atoms with Crippen LogP contribution in [0.25, 0.3) is 22.3 Å². The summed E-state index contributed by atoms with van der Waals surface area (Å²) in [5.41, 5.74) is 1.24. The maximum Gasteiger partial charge on any atom is 0.261 e. The van der Waals surface area contributed by atoms with Crippen LogP contribution in [0.2, 0.25) is 5.02 Å². The highest BCUT2D eigenvalue weighted by atomic mass is 35.5. The Balaban J connectivity index is 1.69. The van der Waals surface area contributed by atoms with E-state index in [2.05, 4.69) is 15.1 Å². The summed E-state index contributed by atoms with van der Waals surface area (Å²) in [6, 6.07) is 14.5. The van der Waals surface area contributed by atoms with Gasteiger partial charge in [0.15, 0.2) is 0 Å². The molecule has 0 fully saturated rings. The van der Waals surface area contributed by atoms with Crippen molar-refractivity contribution in [1.29, 1.82) is 0 Å². The molecule has 118 valence electrons. The summed E-state index contributed by atoms with van der Waals surface area (Å²) < 4.78 is 6.66. The van der Waals surface area contributed by atoms with Gasteiger partial charge in [-0.3, -0.25) is 9.36 Å². The SMILES string of the molecule is O=c1c2cc(Cl)ccc2ncn1Cc1nc(-c2ccccc2)no1. The van der Waals surface area contributed by atoms with Gasteiger partial charge in [0.25, 0.3) is 5.56 Å². The summed E-state index contributed by atoms with van der Waals surface area (Å²) >= 11 is 5.96. The van der Waals surface area contributed by atoms with Gasteiger partial charge in [-0.15, -0.1) is 0 Å². The van der Waals surface area contributed by atoms with Gasteiger partial charge in [0.2, 0.25) is 11.7 Å². The second-order valence-corrected chi connectivity index (χ2v) is 5.65. The van der Waals surface area contributed by atoms with Crippen LogP contribution in [0.3, 0.4) is 0 Å². The Morgan fingerprint density at radius 3 is 2.79 bits per heavy atom. The third-order valence-corrected chi connectivity index (χ3v) is 3.83. The highest BCUT2D eigenvalue weighted by molar-refractivity contribution is 6.31. The molecular weight excluding hydrogens is 328 g/mol. The molecule has 0 bridgehead atoms. The Morgan fingerprint density at radius 1 is 1.12 bits per heavy atom. The maximum atomic E-state index is 12.5. The molecule has 0 radical (unpaired) electrons. The van der Waals surface area contributed by atoms with Crippen molar-refractivity contribution in [3.05, 3.63) is 76.1 Å². The maximum absolute atomic E-state index is 12.5. The molecule has 0 amide bonds. The van der Waals surface area contributed by atoms with Crippen molar-refractivity contribution in [3.8, 4) is 11.4 Å². The highest BCUT2D eigenvalue weighted by Gasteiger charge is 2.11. The Morgan fingerprint density at radius 2 is 1.96 bits per heavy atom. The van der Waals surface area contributed by atoms with Gasteiger partial charge in [0, 0.05) is 10.6 Å². The number of hydrogen-bond acceptors (Lipinski definition) is 5. The number of halogens is 1. The van der Waals surface area contributed by atoms with E-state index in [-0.39, 0.29) is 12.1 Å². The van der Waals surface area contributed by atoms with E-state index in [0.29, 0.717) is 27.6 Å². The highest BCUT2D eigenvalue weighted by Crippen LogP contribution is 2.16. The minimum Gasteiger partial charge on any atom is -0.337 e. The topological polar surface area (TPSA) is 73.8 Å². The Labute approximate surface area is 141 Å². The van der Waals surface area contributed by atoms with Crippen LogP contribution in [0.1, 0.15) is 5.89 Å². The van der Waals surface area contributed by atoms with Gasteiger partial charge in [0.05, 0.1) is 17.2 Å². The number of aromatic nitrogens is 4. The zero-order valence-electron chi connectivity index (χ0n) is 12.4. The first-order valence-corrected chi connectivity index (χ1v) is 7.61. The first kappa shape index (κ1) is 14.6. The summed E-state index contributed by atoms with van der Waals surface area (Å²) in [4.78, 5) is 21.1. The Bertz CT molecular complexity index is 1070.